The van der Waals surface area contributed by atoms with Gasteiger partial charge in [0.2, 0.25) is 0 Å². The summed E-state index contributed by atoms with van der Waals surface area (Å²) in [5.74, 6) is 0. The van der Waals surface area contributed by atoms with Crippen molar-refractivity contribution in [2.75, 3.05) is 0 Å². The molecule has 0 saturated heterocycles. The topological polar surface area (TPSA) is 44.0 Å². The van der Waals surface area contributed by atoms with E-state index < -0.39 is 11.5 Å². The normalized spacial score (nSPS) is 20.3. The number of aliphatic hydroxyl groups is 1. The van der Waals surface area contributed by atoms with E-state index in [0.717, 1.165) is 43.0 Å². The molecule has 1 fully saturated rings. The molecule has 1 atom stereocenters. The zero-order chi connectivity index (χ0) is 13.9. The number of halogens is 2. The van der Waals surface area contributed by atoms with Crippen LogP contribution in [0.1, 0.15) is 50.2 Å². The highest BCUT2D eigenvalue weighted by Gasteiger charge is 2.40. The number of benzene rings is 1. The van der Waals surface area contributed by atoms with Crippen LogP contribution >= 0.6 is 27.5 Å². The summed E-state index contributed by atoms with van der Waals surface area (Å²) in [5, 5.41) is 20.8. The van der Waals surface area contributed by atoms with Gasteiger partial charge in [-0.15, -0.1) is 0 Å². The Morgan fingerprint density at radius 2 is 1.89 bits per heavy atom. The Kier molecular flexibility index (Phi) is 4.89. The van der Waals surface area contributed by atoms with Gasteiger partial charge in [0.15, 0.2) is 0 Å². The molecule has 0 amide bonds. The Morgan fingerprint density at radius 3 is 2.42 bits per heavy atom. The van der Waals surface area contributed by atoms with Gasteiger partial charge in [-0.05, 0) is 25.0 Å². The zero-order valence-electron chi connectivity index (χ0n) is 10.7. The summed E-state index contributed by atoms with van der Waals surface area (Å²) in [4.78, 5) is 0. The second-order valence-corrected chi connectivity index (χ2v) is 6.57. The van der Waals surface area contributed by atoms with Crippen LogP contribution in [0.5, 0.6) is 0 Å². The van der Waals surface area contributed by atoms with Crippen molar-refractivity contribution in [1.82, 2.24) is 0 Å². The van der Waals surface area contributed by atoms with Gasteiger partial charge in [0.1, 0.15) is 0 Å². The fourth-order valence-electron chi connectivity index (χ4n) is 2.83. The number of rotatable bonds is 2. The van der Waals surface area contributed by atoms with Gasteiger partial charge in [-0.1, -0.05) is 59.3 Å². The Morgan fingerprint density at radius 1 is 1.26 bits per heavy atom. The Labute approximate surface area is 127 Å². The van der Waals surface area contributed by atoms with Gasteiger partial charge in [-0.2, -0.15) is 5.26 Å². The van der Waals surface area contributed by atoms with E-state index in [0.29, 0.717) is 10.6 Å². The standard InChI is InChI=1S/C15H17BrClNO/c16-11-5-6-12(13(17)9-11)14(19)15(10-18)7-3-1-2-4-8-15/h5-6,9,14,19H,1-4,7-8H2. The zero-order valence-corrected chi connectivity index (χ0v) is 13.0. The molecule has 1 aromatic rings. The highest BCUT2D eigenvalue weighted by Crippen LogP contribution is 2.46. The number of nitrogens with zero attached hydrogens (tertiary/aromatic N) is 1. The first-order valence-corrected chi connectivity index (χ1v) is 7.80. The molecule has 102 valence electrons. The second-order valence-electron chi connectivity index (χ2n) is 5.25. The fraction of sp³-hybridized carbons (Fsp3) is 0.533. The maximum absolute atomic E-state index is 10.7. The molecule has 2 rings (SSSR count). The van der Waals surface area contributed by atoms with Crippen molar-refractivity contribution in [3.63, 3.8) is 0 Å². The first kappa shape index (κ1) is 14.8. The Bertz CT molecular complexity index is 489. The Balaban J connectivity index is 2.34. The predicted octanol–water partition coefficient (Wildman–Crippen LogP) is 5.00. The number of hydrogen-bond donors (Lipinski definition) is 1. The van der Waals surface area contributed by atoms with Crippen molar-refractivity contribution in [2.45, 2.75) is 44.6 Å². The van der Waals surface area contributed by atoms with Crippen LogP contribution < -0.4 is 0 Å². The van der Waals surface area contributed by atoms with Gasteiger partial charge in [-0.3, -0.25) is 0 Å². The maximum atomic E-state index is 10.7. The van der Waals surface area contributed by atoms with Gasteiger partial charge < -0.3 is 5.11 Å². The lowest BCUT2D eigenvalue weighted by Gasteiger charge is -2.31. The van der Waals surface area contributed by atoms with Gasteiger partial charge in [0.05, 0.1) is 17.6 Å². The lowest BCUT2D eigenvalue weighted by Crippen LogP contribution is -2.27. The lowest BCUT2D eigenvalue weighted by molar-refractivity contribution is 0.0517. The third-order valence-electron chi connectivity index (χ3n) is 4.00. The minimum Gasteiger partial charge on any atom is -0.387 e. The SMILES string of the molecule is N#CC1(C(O)c2ccc(Br)cc2Cl)CCCCCC1. The summed E-state index contributed by atoms with van der Waals surface area (Å²) in [6, 6.07) is 7.80. The molecule has 0 spiro atoms. The Hall–Kier alpha value is -0.560. The van der Waals surface area contributed by atoms with Crippen LogP contribution in [0.2, 0.25) is 5.02 Å². The van der Waals surface area contributed by atoms with E-state index in [4.69, 9.17) is 11.6 Å². The van der Waals surface area contributed by atoms with Crippen LogP contribution in [0.15, 0.2) is 22.7 Å². The summed E-state index contributed by atoms with van der Waals surface area (Å²) >= 11 is 9.56. The molecule has 19 heavy (non-hydrogen) atoms. The third kappa shape index (κ3) is 3.13. The van der Waals surface area contributed by atoms with E-state index in [1.807, 2.05) is 6.07 Å². The van der Waals surface area contributed by atoms with Crippen molar-refractivity contribution in [2.24, 2.45) is 5.41 Å². The van der Waals surface area contributed by atoms with Crippen LogP contribution in [0.25, 0.3) is 0 Å². The fourth-order valence-corrected chi connectivity index (χ4v) is 3.60. The molecule has 1 N–H and O–H groups in total. The summed E-state index contributed by atoms with van der Waals surface area (Å²) in [7, 11) is 0. The van der Waals surface area contributed by atoms with Crippen molar-refractivity contribution in [3.05, 3.63) is 33.3 Å². The van der Waals surface area contributed by atoms with Crippen molar-refractivity contribution in [1.29, 1.82) is 5.26 Å². The van der Waals surface area contributed by atoms with E-state index in [1.165, 1.54) is 0 Å². The lowest BCUT2D eigenvalue weighted by atomic mass is 9.74. The van der Waals surface area contributed by atoms with E-state index in [-0.39, 0.29) is 0 Å². The van der Waals surface area contributed by atoms with Crippen LogP contribution in [-0.2, 0) is 0 Å². The molecule has 1 aliphatic rings. The molecule has 2 nitrogen and oxygen atoms in total. The smallest absolute Gasteiger partial charge is 0.0990 e. The van der Waals surface area contributed by atoms with E-state index in [9.17, 15) is 10.4 Å². The first-order chi connectivity index (χ1) is 9.09. The van der Waals surface area contributed by atoms with Gasteiger partial charge in [0.25, 0.3) is 0 Å². The summed E-state index contributed by atoms with van der Waals surface area (Å²) in [6.07, 6.45) is 4.97. The van der Waals surface area contributed by atoms with Gasteiger partial charge in [0, 0.05) is 15.1 Å². The molecule has 1 unspecified atom stereocenters. The monoisotopic (exact) mass is 341 g/mol. The third-order valence-corrected chi connectivity index (χ3v) is 4.82. The molecular weight excluding hydrogens is 326 g/mol. The van der Waals surface area contributed by atoms with Crippen molar-refractivity contribution in [3.8, 4) is 6.07 Å². The first-order valence-electron chi connectivity index (χ1n) is 6.63. The molecule has 0 radical (unpaired) electrons. The second kappa shape index (κ2) is 6.26. The van der Waals surface area contributed by atoms with Gasteiger partial charge >= 0.3 is 0 Å². The molecule has 4 heteroatoms. The molecule has 1 saturated carbocycles. The van der Waals surface area contributed by atoms with Crippen LogP contribution in [-0.4, -0.2) is 5.11 Å². The van der Waals surface area contributed by atoms with Crippen LogP contribution in [0, 0.1) is 16.7 Å². The quantitative estimate of drug-likeness (QED) is 0.769. The molecule has 1 aromatic carbocycles. The maximum Gasteiger partial charge on any atom is 0.0990 e. The molecule has 0 aromatic heterocycles. The van der Waals surface area contributed by atoms with Crippen LogP contribution in [0.4, 0.5) is 0 Å². The average molecular weight is 343 g/mol. The summed E-state index contributed by atoms with van der Waals surface area (Å²) in [5.41, 5.74) is -0.0261. The molecule has 0 bridgehead atoms. The minimum atomic E-state index is -0.809. The number of hydrogen-bond acceptors (Lipinski definition) is 2. The number of nitriles is 1. The van der Waals surface area contributed by atoms with Gasteiger partial charge in [-0.25, -0.2) is 0 Å². The molecular formula is C15H17BrClNO. The highest BCUT2D eigenvalue weighted by molar-refractivity contribution is 9.10. The average Bonchev–Trinajstić information content (AvgIpc) is 2.64. The van der Waals surface area contributed by atoms with Crippen molar-refractivity contribution < 1.29 is 5.11 Å². The predicted molar refractivity (Wildman–Crippen MR) is 79.9 cm³/mol. The van der Waals surface area contributed by atoms with Crippen LogP contribution in [0.3, 0.4) is 0 Å². The van der Waals surface area contributed by atoms with Crippen molar-refractivity contribution >= 4 is 27.5 Å². The largest absolute Gasteiger partial charge is 0.387 e. The molecule has 0 heterocycles. The van der Waals surface area contributed by atoms with E-state index in [1.54, 1.807) is 12.1 Å². The summed E-state index contributed by atoms with van der Waals surface area (Å²) in [6.45, 7) is 0. The van der Waals surface area contributed by atoms with E-state index in [2.05, 4.69) is 22.0 Å². The minimum absolute atomic E-state index is 0.515. The van der Waals surface area contributed by atoms with E-state index >= 15 is 0 Å². The molecule has 1 aliphatic carbocycles. The molecule has 0 aliphatic heterocycles. The highest BCUT2D eigenvalue weighted by atomic mass is 79.9. The summed E-state index contributed by atoms with van der Waals surface area (Å²) < 4.78 is 0.875. The number of aliphatic hydroxyl groups excluding tert-OH is 1.